The van der Waals surface area contributed by atoms with Crippen molar-refractivity contribution in [1.82, 2.24) is 15.5 Å². The van der Waals surface area contributed by atoms with Crippen molar-refractivity contribution in [1.29, 1.82) is 0 Å². The summed E-state index contributed by atoms with van der Waals surface area (Å²) in [5.74, 6) is 3.46. The molecule has 2 fully saturated rings. The van der Waals surface area contributed by atoms with Gasteiger partial charge in [0.2, 0.25) is 0 Å². The van der Waals surface area contributed by atoms with Gasteiger partial charge < -0.3 is 29.9 Å². The maximum Gasteiger partial charge on any atom is 0.191 e. The minimum atomic E-state index is 0.441. The van der Waals surface area contributed by atoms with Gasteiger partial charge in [-0.3, -0.25) is 4.99 Å². The highest BCUT2D eigenvalue weighted by atomic mass is 16.5. The summed E-state index contributed by atoms with van der Waals surface area (Å²) in [4.78, 5) is 9.38. The Morgan fingerprint density at radius 3 is 2.20 bits per heavy atom. The minimum Gasteiger partial charge on any atom is -0.497 e. The fourth-order valence-corrected chi connectivity index (χ4v) is 4.26. The third-order valence-corrected chi connectivity index (χ3v) is 6.36. The highest BCUT2D eigenvalue weighted by molar-refractivity contribution is 5.80. The Balaban J connectivity index is 1.42. The lowest BCUT2D eigenvalue weighted by molar-refractivity contribution is 0.195. The van der Waals surface area contributed by atoms with Gasteiger partial charge in [0.25, 0.3) is 0 Å². The van der Waals surface area contributed by atoms with Crippen LogP contribution in [0.1, 0.15) is 32.6 Å². The van der Waals surface area contributed by atoms with E-state index in [1.165, 1.54) is 25.9 Å². The van der Waals surface area contributed by atoms with E-state index in [0.29, 0.717) is 6.04 Å². The number of ether oxygens (including phenoxy) is 2. The fraction of sp³-hybridized carbons (Fsp3) is 0.696. The standard InChI is InChI=1S/C23H39N5O2/c1-18-5-10-27(11-6-18)14-9-25-23(24-2)26-19-7-12-28(13-8-19)20-15-21(29-3)17-22(16-20)30-4/h15-19H,5-14H2,1-4H3,(H2,24,25,26). The average molecular weight is 418 g/mol. The van der Waals surface area contributed by atoms with Crippen LogP contribution in [0.5, 0.6) is 11.5 Å². The number of aliphatic imine (C=N–C) groups is 1. The lowest BCUT2D eigenvalue weighted by Crippen LogP contribution is -2.50. The molecule has 3 rings (SSSR count). The molecule has 1 aromatic rings. The smallest absolute Gasteiger partial charge is 0.191 e. The second-order valence-electron chi connectivity index (χ2n) is 8.50. The van der Waals surface area contributed by atoms with E-state index in [0.717, 1.165) is 68.1 Å². The molecule has 0 atom stereocenters. The Hall–Kier alpha value is -2.15. The summed E-state index contributed by atoms with van der Waals surface area (Å²) in [6.07, 6.45) is 4.80. The summed E-state index contributed by atoms with van der Waals surface area (Å²) in [5.41, 5.74) is 1.16. The zero-order chi connectivity index (χ0) is 21.3. The molecule has 7 nitrogen and oxygen atoms in total. The van der Waals surface area contributed by atoms with Gasteiger partial charge in [-0.05, 0) is 44.7 Å². The molecule has 0 amide bonds. The van der Waals surface area contributed by atoms with Crippen LogP contribution in [0.15, 0.2) is 23.2 Å². The molecule has 0 spiro atoms. The third-order valence-electron chi connectivity index (χ3n) is 6.36. The van der Waals surface area contributed by atoms with Crippen molar-refractivity contribution in [3.63, 3.8) is 0 Å². The number of guanidine groups is 1. The van der Waals surface area contributed by atoms with Crippen LogP contribution in [0.3, 0.4) is 0 Å². The van der Waals surface area contributed by atoms with Crippen molar-refractivity contribution in [3.8, 4) is 11.5 Å². The number of benzene rings is 1. The van der Waals surface area contributed by atoms with E-state index in [1.807, 2.05) is 13.1 Å². The van der Waals surface area contributed by atoms with Crippen LogP contribution in [0, 0.1) is 5.92 Å². The van der Waals surface area contributed by atoms with Crippen molar-refractivity contribution in [2.75, 3.05) is 65.4 Å². The van der Waals surface area contributed by atoms with Gasteiger partial charge in [-0.25, -0.2) is 0 Å². The van der Waals surface area contributed by atoms with Crippen molar-refractivity contribution < 1.29 is 9.47 Å². The molecule has 0 unspecified atom stereocenters. The number of nitrogens with zero attached hydrogens (tertiary/aromatic N) is 3. The van der Waals surface area contributed by atoms with Crippen LogP contribution in [0.4, 0.5) is 5.69 Å². The van der Waals surface area contributed by atoms with E-state index < -0.39 is 0 Å². The van der Waals surface area contributed by atoms with Crippen LogP contribution in [-0.4, -0.2) is 77.4 Å². The first kappa shape index (κ1) is 22.5. The van der Waals surface area contributed by atoms with Crippen molar-refractivity contribution in [3.05, 3.63) is 18.2 Å². The minimum absolute atomic E-state index is 0.441. The Labute approximate surface area is 181 Å². The number of anilines is 1. The summed E-state index contributed by atoms with van der Waals surface area (Å²) < 4.78 is 10.8. The number of methoxy groups -OCH3 is 2. The zero-order valence-corrected chi connectivity index (χ0v) is 19.1. The molecule has 30 heavy (non-hydrogen) atoms. The quantitative estimate of drug-likeness (QED) is 0.525. The van der Waals surface area contributed by atoms with Gasteiger partial charge in [0.15, 0.2) is 5.96 Å². The first-order valence-electron chi connectivity index (χ1n) is 11.3. The van der Waals surface area contributed by atoms with Crippen molar-refractivity contribution >= 4 is 11.6 Å². The maximum atomic E-state index is 5.42. The summed E-state index contributed by atoms with van der Waals surface area (Å²) in [7, 11) is 5.24. The molecule has 0 saturated carbocycles. The summed E-state index contributed by atoms with van der Waals surface area (Å²) in [6.45, 7) is 8.83. The molecule has 168 valence electrons. The summed E-state index contributed by atoms with van der Waals surface area (Å²) >= 11 is 0. The maximum absolute atomic E-state index is 5.42. The predicted octanol–water partition coefficient (Wildman–Crippen LogP) is 2.57. The number of rotatable bonds is 7. The van der Waals surface area contributed by atoms with Crippen molar-refractivity contribution in [2.45, 2.75) is 38.6 Å². The van der Waals surface area contributed by atoms with Gasteiger partial charge in [-0.15, -0.1) is 0 Å². The lowest BCUT2D eigenvalue weighted by atomic mass is 9.99. The number of hydrogen-bond donors (Lipinski definition) is 2. The highest BCUT2D eigenvalue weighted by Crippen LogP contribution is 2.30. The lowest BCUT2D eigenvalue weighted by Gasteiger charge is -2.35. The molecular formula is C23H39N5O2. The largest absolute Gasteiger partial charge is 0.497 e. The van der Waals surface area contributed by atoms with E-state index in [1.54, 1.807) is 14.2 Å². The van der Waals surface area contributed by atoms with Crippen LogP contribution >= 0.6 is 0 Å². The predicted molar refractivity (Wildman–Crippen MR) is 124 cm³/mol. The molecule has 7 heteroatoms. The second kappa shape index (κ2) is 11.3. The van der Waals surface area contributed by atoms with E-state index in [9.17, 15) is 0 Å². The van der Waals surface area contributed by atoms with Gasteiger partial charge in [-0.1, -0.05) is 6.92 Å². The molecule has 2 aliphatic heterocycles. The molecule has 2 saturated heterocycles. The SMILES string of the molecule is CN=C(NCCN1CCC(C)CC1)NC1CCN(c2cc(OC)cc(OC)c2)CC1. The van der Waals surface area contributed by atoms with Gasteiger partial charge >= 0.3 is 0 Å². The topological polar surface area (TPSA) is 61.4 Å². The molecule has 0 aliphatic carbocycles. The van der Waals surface area contributed by atoms with E-state index in [4.69, 9.17) is 9.47 Å². The zero-order valence-electron chi connectivity index (χ0n) is 19.1. The number of likely N-dealkylation sites (tertiary alicyclic amines) is 1. The number of nitrogens with one attached hydrogen (secondary N) is 2. The van der Waals surface area contributed by atoms with Gasteiger partial charge in [0, 0.05) is 63.2 Å². The van der Waals surface area contributed by atoms with E-state index in [2.05, 4.69) is 44.5 Å². The molecule has 0 aromatic heterocycles. The number of hydrogen-bond acceptors (Lipinski definition) is 5. The van der Waals surface area contributed by atoms with E-state index in [-0.39, 0.29) is 0 Å². The first-order chi connectivity index (χ1) is 14.6. The first-order valence-corrected chi connectivity index (χ1v) is 11.3. The third kappa shape index (κ3) is 6.42. The van der Waals surface area contributed by atoms with Crippen LogP contribution in [0.25, 0.3) is 0 Å². The van der Waals surface area contributed by atoms with Crippen LogP contribution in [-0.2, 0) is 0 Å². The molecule has 0 bridgehead atoms. The van der Waals surface area contributed by atoms with Gasteiger partial charge in [0.05, 0.1) is 14.2 Å². The molecule has 0 radical (unpaired) electrons. The van der Waals surface area contributed by atoms with Gasteiger partial charge in [-0.2, -0.15) is 0 Å². The molecular weight excluding hydrogens is 378 g/mol. The van der Waals surface area contributed by atoms with E-state index >= 15 is 0 Å². The fourth-order valence-electron chi connectivity index (χ4n) is 4.26. The van der Waals surface area contributed by atoms with Crippen LogP contribution in [0.2, 0.25) is 0 Å². The second-order valence-corrected chi connectivity index (χ2v) is 8.50. The Bertz CT molecular complexity index is 658. The van der Waals surface area contributed by atoms with Crippen LogP contribution < -0.4 is 25.0 Å². The Morgan fingerprint density at radius 1 is 1.00 bits per heavy atom. The number of piperidine rings is 2. The monoisotopic (exact) mass is 417 g/mol. The Morgan fingerprint density at radius 2 is 1.63 bits per heavy atom. The summed E-state index contributed by atoms with van der Waals surface area (Å²) in [5, 5.41) is 7.11. The summed E-state index contributed by atoms with van der Waals surface area (Å²) in [6, 6.07) is 6.52. The Kier molecular flexibility index (Phi) is 8.49. The van der Waals surface area contributed by atoms with Crippen molar-refractivity contribution in [2.24, 2.45) is 10.9 Å². The van der Waals surface area contributed by atoms with Gasteiger partial charge in [0.1, 0.15) is 11.5 Å². The highest BCUT2D eigenvalue weighted by Gasteiger charge is 2.21. The molecule has 2 N–H and O–H groups in total. The normalized spacial score (nSPS) is 19.6. The molecule has 1 aromatic carbocycles. The molecule has 2 aliphatic rings. The molecule has 2 heterocycles. The average Bonchev–Trinajstić information content (AvgIpc) is 2.79.